The van der Waals surface area contributed by atoms with Crippen LogP contribution in [0.5, 0.6) is 11.5 Å². The van der Waals surface area contributed by atoms with Crippen molar-refractivity contribution in [1.29, 1.82) is 0 Å². The zero-order chi connectivity index (χ0) is 21.1. The minimum Gasteiger partial charge on any atom is -0.493 e. The van der Waals surface area contributed by atoms with Gasteiger partial charge in [-0.3, -0.25) is 4.90 Å². The number of methoxy groups -OCH3 is 2. The van der Waals surface area contributed by atoms with Crippen molar-refractivity contribution in [3.05, 3.63) is 57.4 Å². The Labute approximate surface area is 176 Å². The quantitative estimate of drug-likeness (QED) is 0.549. The molecule has 0 aliphatic heterocycles. The lowest BCUT2D eigenvalue weighted by atomic mass is 10.1. The summed E-state index contributed by atoms with van der Waals surface area (Å²) in [4.78, 5) is 2.13. The molecule has 0 spiro atoms. The molecule has 29 heavy (non-hydrogen) atoms. The molecule has 1 aromatic heterocycles. The summed E-state index contributed by atoms with van der Waals surface area (Å²) >= 11 is 5.60. The summed E-state index contributed by atoms with van der Waals surface area (Å²) in [6.07, 6.45) is 0. The van der Waals surface area contributed by atoms with Gasteiger partial charge in [0.05, 0.1) is 26.6 Å². The summed E-state index contributed by atoms with van der Waals surface area (Å²) in [7, 11) is 5.31. The van der Waals surface area contributed by atoms with E-state index in [1.807, 2.05) is 25.2 Å². The Morgan fingerprint density at radius 3 is 2.28 bits per heavy atom. The summed E-state index contributed by atoms with van der Waals surface area (Å²) in [5.41, 5.74) is 5.63. The minimum atomic E-state index is 0.525. The molecule has 3 rings (SSSR count). The van der Waals surface area contributed by atoms with Crippen molar-refractivity contribution in [2.75, 3.05) is 21.3 Å². The molecule has 0 saturated heterocycles. The Morgan fingerprint density at radius 2 is 1.62 bits per heavy atom. The van der Waals surface area contributed by atoms with E-state index in [4.69, 9.17) is 21.7 Å². The van der Waals surface area contributed by atoms with Crippen molar-refractivity contribution in [1.82, 2.24) is 24.7 Å². The largest absolute Gasteiger partial charge is 0.493 e. The average molecular weight is 414 g/mol. The molecule has 0 aliphatic rings. The molecule has 0 fully saturated rings. The second kappa shape index (κ2) is 8.75. The van der Waals surface area contributed by atoms with Crippen molar-refractivity contribution in [3.63, 3.8) is 0 Å². The molecule has 3 aromatic rings. The van der Waals surface area contributed by atoms with Crippen LogP contribution in [-0.4, -0.2) is 46.0 Å². The predicted octanol–water partition coefficient (Wildman–Crippen LogP) is 3.83. The van der Waals surface area contributed by atoms with Crippen molar-refractivity contribution in [2.24, 2.45) is 0 Å². The zero-order valence-electron chi connectivity index (χ0n) is 17.8. The third-order valence-corrected chi connectivity index (χ3v) is 5.42. The Kier molecular flexibility index (Phi) is 6.34. The molecule has 0 bridgehead atoms. The van der Waals surface area contributed by atoms with Gasteiger partial charge in [-0.15, -0.1) is 0 Å². The maximum absolute atomic E-state index is 5.60. The highest BCUT2D eigenvalue weighted by molar-refractivity contribution is 7.71. The van der Waals surface area contributed by atoms with E-state index in [1.165, 1.54) is 11.1 Å². The molecule has 7 nitrogen and oxygen atoms in total. The number of aryl methyl sites for hydroxylation is 3. The van der Waals surface area contributed by atoms with Crippen LogP contribution in [0.25, 0.3) is 5.69 Å². The lowest BCUT2D eigenvalue weighted by molar-refractivity contribution is 0.241. The summed E-state index contributed by atoms with van der Waals surface area (Å²) in [5, 5.41) is 8.50. The summed E-state index contributed by atoms with van der Waals surface area (Å²) in [6, 6.07) is 10.1. The van der Waals surface area contributed by atoms with E-state index >= 15 is 0 Å². The van der Waals surface area contributed by atoms with Crippen molar-refractivity contribution in [2.45, 2.75) is 34.0 Å². The molecular weight excluding hydrogens is 386 g/mol. The smallest absolute Gasteiger partial charge is 0.221 e. The van der Waals surface area contributed by atoms with Gasteiger partial charge in [-0.2, -0.15) is 4.68 Å². The van der Waals surface area contributed by atoms with Gasteiger partial charge in [0.15, 0.2) is 11.5 Å². The topological polar surface area (TPSA) is 57.3 Å². The molecule has 0 atom stereocenters. The maximum atomic E-state index is 5.60. The molecule has 0 saturated carbocycles. The first-order valence-electron chi connectivity index (χ1n) is 9.34. The standard InChI is InChI=1S/C21H27N5O2S/c1-14-7-8-18(9-15(14)2)26-21(29)25(22-23-26)13-24(4)12-17-11-20(28-6)19(27-5)10-16(17)3/h7-11H,12-13H2,1-6H3. The van der Waals surface area contributed by atoms with Crippen LogP contribution < -0.4 is 9.47 Å². The number of tetrazole rings is 1. The molecule has 0 amide bonds. The predicted molar refractivity (Wildman–Crippen MR) is 115 cm³/mol. The van der Waals surface area contributed by atoms with Crippen molar-refractivity contribution in [3.8, 4) is 17.2 Å². The Hall–Kier alpha value is -2.71. The number of ether oxygens (including phenoxy) is 2. The Balaban J connectivity index is 1.78. The van der Waals surface area contributed by atoms with Crippen molar-refractivity contribution >= 4 is 12.2 Å². The van der Waals surface area contributed by atoms with Crippen LogP contribution >= 0.6 is 12.2 Å². The van der Waals surface area contributed by atoms with Gasteiger partial charge in [0.25, 0.3) is 0 Å². The second-order valence-corrected chi connectivity index (χ2v) is 7.60. The summed E-state index contributed by atoms with van der Waals surface area (Å²) in [5.74, 6) is 1.45. The van der Waals surface area contributed by atoms with Crippen LogP contribution in [0, 0.1) is 25.5 Å². The van der Waals surface area contributed by atoms with E-state index in [-0.39, 0.29) is 0 Å². The highest BCUT2D eigenvalue weighted by Crippen LogP contribution is 2.30. The Bertz CT molecular complexity index is 1070. The molecule has 0 radical (unpaired) electrons. The van der Waals surface area contributed by atoms with E-state index in [0.29, 0.717) is 18.0 Å². The molecule has 0 N–H and O–H groups in total. The fraction of sp³-hybridized carbons (Fsp3) is 0.381. The number of hydrogen-bond donors (Lipinski definition) is 0. The number of nitrogens with zero attached hydrogens (tertiary/aromatic N) is 5. The van der Waals surface area contributed by atoms with Gasteiger partial charge < -0.3 is 9.47 Å². The third kappa shape index (κ3) is 4.49. The monoisotopic (exact) mass is 413 g/mol. The Morgan fingerprint density at radius 1 is 0.931 bits per heavy atom. The van der Waals surface area contributed by atoms with E-state index in [9.17, 15) is 0 Å². The van der Waals surface area contributed by atoms with Gasteiger partial charge >= 0.3 is 0 Å². The number of hydrogen-bond acceptors (Lipinski definition) is 6. The van der Waals surface area contributed by atoms with Gasteiger partial charge in [-0.25, -0.2) is 4.68 Å². The summed E-state index contributed by atoms with van der Waals surface area (Å²) in [6.45, 7) is 7.46. The number of rotatable bonds is 7. The van der Waals surface area contributed by atoms with Gasteiger partial charge in [0, 0.05) is 6.54 Å². The number of aromatic nitrogens is 4. The zero-order valence-corrected chi connectivity index (χ0v) is 18.6. The van der Waals surface area contributed by atoms with Gasteiger partial charge in [-0.05, 0) is 97.0 Å². The number of benzene rings is 2. The van der Waals surface area contributed by atoms with Crippen LogP contribution in [0.3, 0.4) is 0 Å². The minimum absolute atomic E-state index is 0.525. The maximum Gasteiger partial charge on any atom is 0.221 e. The lowest BCUT2D eigenvalue weighted by Crippen LogP contribution is -2.23. The lowest BCUT2D eigenvalue weighted by Gasteiger charge is -2.19. The molecule has 154 valence electrons. The molecule has 2 aromatic carbocycles. The highest BCUT2D eigenvalue weighted by Gasteiger charge is 2.13. The summed E-state index contributed by atoms with van der Waals surface area (Å²) < 4.78 is 14.8. The molecule has 1 heterocycles. The van der Waals surface area contributed by atoms with Gasteiger partial charge in [0.2, 0.25) is 4.77 Å². The highest BCUT2D eigenvalue weighted by atomic mass is 32.1. The van der Waals surface area contributed by atoms with Crippen LogP contribution in [-0.2, 0) is 13.2 Å². The fourth-order valence-corrected chi connectivity index (χ4v) is 3.38. The SMILES string of the molecule is COc1cc(C)c(CN(C)Cn2nnn(-c3ccc(C)c(C)c3)c2=S)cc1OC. The first kappa shape index (κ1) is 21.0. The second-order valence-electron chi connectivity index (χ2n) is 7.23. The van der Waals surface area contributed by atoms with Crippen LogP contribution in [0.1, 0.15) is 22.3 Å². The van der Waals surface area contributed by atoms with E-state index in [1.54, 1.807) is 23.6 Å². The van der Waals surface area contributed by atoms with E-state index < -0.39 is 0 Å². The molecule has 8 heteroatoms. The van der Waals surface area contributed by atoms with Crippen molar-refractivity contribution < 1.29 is 9.47 Å². The molecule has 0 unspecified atom stereocenters. The van der Waals surface area contributed by atoms with Gasteiger partial charge in [-0.1, -0.05) is 6.07 Å². The van der Waals surface area contributed by atoms with Gasteiger partial charge in [0.1, 0.15) is 0 Å². The van der Waals surface area contributed by atoms with Crippen LogP contribution in [0.4, 0.5) is 0 Å². The molecular formula is C21H27N5O2S. The van der Waals surface area contributed by atoms with Crippen LogP contribution in [0.2, 0.25) is 0 Å². The first-order valence-corrected chi connectivity index (χ1v) is 9.75. The average Bonchev–Trinajstić information content (AvgIpc) is 3.05. The third-order valence-electron chi connectivity index (χ3n) is 5.03. The normalized spacial score (nSPS) is 11.1. The first-order chi connectivity index (χ1) is 13.8. The van der Waals surface area contributed by atoms with E-state index in [2.05, 4.69) is 48.2 Å². The molecule has 0 aliphatic carbocycles. The fourth-order valence-electron chi connectivity index (χ4n) is 3.14. The van der Waals surface area contributed by atoms with E-state index in [0.717, 1.165) is 28.3 Å². The van der Waals surface area contributed by atoms with Crippen LogP contribution in [0.15, 0.2) is 30.3 Å².